The number of aryl methyl sites for hydroxylation is 1. The van der Waals surface area contributed by atoms with Crippen molar-refractivity contribution in [3.8, 4) is 5.75 Å². The van der Waals surface area contributed by atoms with Crippen LogP contribution in [-0.4, -0.2) is 27.0 Å². The molecule has 0 aliphatic rings. The van der Waals surface area contributed by atoms with Gasteiger partial charge in [-0.3, -0.25) is 4.79 Å². The Morgan fingerprint density at radius 2 is 2.33 bits per heavy atom. The quantitative estimate of drug-likeness (QED) is 0.841. The Kier molecular flexibility index (Phi) is 4.16. The van der Waals surface area contributed by atoms with Gasteiger partial charge in [-0.25, -0.2) is 0 Å². The second-order valence-corrected chi connectivity index (χ2v) is 5.88. The summed E-state index contributed by atoms with van der Waals surface area (Å²) in [6.45, 7) is 1.87. The lowest BCUT2D eigenvalue weighted by Gasteiger charge is -2.04. The molecule has 2 aromatic rings. The van der Waals surface area contributed by atoms with E-state index in [1.54, 1.807) is 18.2 Å². The largest absolute Gasteiger partial charge is 0.508 e. The van der Waals surface area contributed by atoms with E-state index in [4.69, 9.17) is 0 Å². The standard InChI is InChI=1S/C11H11N3O2S2/c1-7-13-14-11(18-7)17-6-10(16)12-8-3-2-4-9(15)5-8/h2-5,15H,6H2,1H3,(H,12,16). The number of aromatic hydroxyl groups is 1. The Balaban J connectivity index is 1.85. The zero-order valence-electron chi connectivity index (χ0n) is 9.58. The fourth-order valence-corrected chi connectivity index (χ4v) is 2.86. The topological polar surface area (TPSA) is 75.1 Å². The van der Waals surface area contributed by atoms with Crippen LogP contribution in [0, 0.1) is 6.92 Å². The van der Waals surface area contributed by atoms with Gasteiger partial charge in [-0.1, -0.05) is 29.2 Å². The highest BCUT2D eigenvalue weighted by Gasteiger charge is 2.07. The number of carbonyl (C=O) groups excluding carboxylic acids is 1. The predicted molar refractivity (Wildman–Crippen MR) is 72.1 cm³/mol. The number of nitrogens with zero attached hydrogens (tertiary/aromatic N) is 2. The number of hydrogen-bond donors (Lipinski definition) is 2. The Hall–Kier alpha value is -1.60. The Labute approximate surface area is 112 Å². The molecule has 7 heteroatoms. The lowest BCUT2D eigenvalue weighted by Crippen LogP contribution is -2.13. The highest BCUT2D eigenvalue weighted by atomic mass is 32.2. The highest BCUT2D eigenvalue weighted by Crippen LogP contribution is 2.22. The maximum atomic E-state index is 11.6. The molecule has 2 N–H and O–H groups in total. The van der Waals surface area contributed by atoms with Crippen molar-refractivity contribution < 1.29 is 9.90 Å². The average Bonchev–Trinajstić information content (AvgIpc) is 2.73. The first-order chi connectivity index (χ1) is 8.63. The van der Waals surface area contributed by atoms with Crippen molar-refractivity contribution >= 4 is 34.7 Å². The summed E-state index contributed by atoms with van der Waals surface area (Å²) in [7, 11) is 0. The summed E-state index contributed by atoms with van der Waals surface area (Å²) in [6, 6.07) is 6.44. The van der Waals surface area contributed by atoms with Crippen molar-refractivity contribution in [1.82, 2.24) is 10.2 Å². The highest BCUT2D eigenvalue weighted by molar-refractivity contribution is 8.01. The van der Waals surface area contributed by atoms with Gasteiger partial charge in [0.1, 0.15) is 10.8 Å². The van der Waals surface area contributed by atoms with Gasteiger partial charge >= 0.3 is 0 Å². The minimum absolute atomic E-state index is 0.125. The summed E-state index contributed by atoms with van der Waals surface area (Å²) in [5, 5.41) is 20.6. The average molecular weight is 281 g/mol. The van der Waals surface area contributed by atoms with E-state index < -0.39 is 0 Å². The number of hydrogen-bond acceptors (Lipinski definition) is 6. The van der Waals surface area contributed by atoms with Crippen LogP contribution in [0.3, 0.4) is 0 Å². The molecule has 0 fully saturated rings. The molecule has 1 heterocycles. The molecule has 2 rings (SSSR count). The SMILES string of the molecule is Cc1nnc(SCC(=O)Nc2cccc(O)c2)s1. The summed E-state index contributed by atoms with van der Waals surface area (Å²) >= 11 is 2.80. The van der Waals surface area contributed by atoms with Crippen LogP contribution >= 0.6 is 23.1 Å². The normalized spacial score (nSPS) is 10.3. The van der Waals surface area contributed by atoms with Gasteiger partial charge in [-0.05, 0) is 19.1 Å². The van der Waals surface area contributed by atoms with Crippen molar-refractivity contribution in [3.05, 3.63) is 29.3 Å². The summed E-state index contributed by atoms with van der Waals surface area (Å²) in [5.41, 5.74) is 0.578. The number of anilines is 1. The number of carbonyl (C=O) groups is 1. The first kappa shape index (κ1) is 12.8. The van der Waals surface area contributed by atoms with E-state index in [1.807, 2.05) is 6.92 Å². The minimum atomic E-state index is -0.140. The van der Waals surface area contributed by atoms with Crippen molar-refractivity contribution in [1.29, 1.82) is 0 Å². The van der Waals surface area contributed by atoms with Crippen LogP contribution in [0.25, 0.3) is 0 Å². The van der Waals surface area contributed by atoms with Crippen LogP contribution in [0.4, 0.5) is 5.69 Å². The third-order valence-corrected chi connectivity index (χ3v) is 3.94. The fourth-order valence-electron chi connectivity index (χ4n) is 1.24. The van der Waals surface area contributed by atoms with E-state index in [0.29, 0.717) is 5.69 Å². The van der Waals surface area contributed by atoms with Crippen molar-refractivity contribution in [2.24, 2.45) is 0 Å². The molecular formula is C11H11N3O2S2. The van der Waals surface area contributed by atoms with Gasteiger partial charge in [0.2, 0.25) is 5.91 Å². The van der Waals surface area contributed by atoms with E-state index in [0.717, 1.165) is 9.35 Å². The molecule has 0 bridgehead atoms. The monoisotopic (exact) mass is 281 g/mol. The van der Waals surface area contributed by atoms with Gasteiger partial charge in [0, 0.05) is 11.8 Å². The minimum Gasteiger partial charge on any atom is -0.508 e. The van der Waals surface area contributed by atoms with Gasteiger partial charge < -0.3 is 10.4 Å². The summed E-state index contributed by atoms with van der Waals surface area (Å²) in [4.78, 5) is 11.6. The first-order valence-corrected chi connectivity index (χ1v) is 6.95. The molecule has 18 heavy (non-hydrogen) atoms. The number of benzene rings is 1. The second kappa shape index (κ2) is 5.83. The molecule has 0 radical (unpaired) electrons. The number of nitrogens with one attached hydrogen (secondary N) is 1. The molecule has 0 saturated carbocycles. The number of aromatic nitrogens is 2. The lowest BCUT2D eigenvalue weighted by molar-refractivity contribution is -0.113. The van der Waals surface area contributed by atoms with Gasteiger partial charge in [0.05, 0.1) is 5.75 Å². The van der Waals surface area contributed by atoms with Crippen LogP contribution in [0.2, 0.25) is 0 Å². The Morgan fingerprint density at radius 1 is 1.50 bits per heavy atom. The number of phenolic OH excluding ortho intramolecular Hbond substituents is 1. The first-order valence-electron chi connectivity index (χ1n) is 5.15. The van der Waals surface area contributed by atoms with E-state index >= 15 is 0 Å². The van der Waals surface area contributed by atoms with E-state index in [-0.39, 0.29) is 17.4 Å². The number of phenols is 1. The maximum absolute atomic E-state index is 11.6. The van der Waals surface area contributed by atoms with Gasteiger partial charge in [-0.2, -0.15) is 0 Å². The zero-order chi connectivity index (χ0) is 13.0. The van der Waals surface area contributed by atoms with Crippen LogP contribution in [0.5, 0.6) is 5.75 Å². The molecule has 0 aliphatic carbocycles. The van der Waals surface area contributed by atoms with Gasteiger partial charge in [0.25, 0.3) is 0 Å². The van der Waals surface area contributed by atoms with Crippen molar-refractivity contribution in [2.45, 2.75) is 11.3 Å². The fraction of sp³-hybridized carbons (Fsp3) is 0.182. The Morgan fingerprint density at radius 3 is 3.00 bits per heavy atom. The second-order valence-electron chi connectivity index (χ2n) is 3.47. The number of rotatable bonds is 4. The number of amides is 1. The molecule has 0 unspecified atom stereocenters. The maximum Gasteiger partial charge on any atom is 0.234 e. The van der Waals surface area contributed by atoms with E-state index in [1.165, 1.54) is 29.2 Å². The van der Waals surface area contributed by atoms with E-state index in [9.17, 15) is 9.90 Å². The van der Waals surface area contributed by atoms with Crippen LogP contribution in [-0.2, 0) is 4.79 Å². The summed E-state index contributed by atoms with van der Waals surface area (Å²) in [6.07, 6.45) is 0. The third-order valence-electron chi connectivity index (χ3n) is 1.96. The molecule has 0 saturated heterocycles. The molecular weight excluding hydrogens is 270 g/mol. The molecule has 1 amide bonds. The third kappa shape index (κ3) is 3.71. The van der Waals surface area contributed by atoms with Crippen LogP contribution in [0.15, 0.2) is 28.6 Å². The van der Waals surface area contributed by atoms with Crippen molar-refractivity contribution in [3.63, 3.8) is 0 Å². The van der Waals surface area contributed by atoms with Gasteiger partial charge in [0.15, 0.2) is 4.34 Å². The van der Waals surface area contributed by atoms with Crippen LogP contribution < -0.4 is 5.32 Å². The molecule has 5 nitrogen and oxygen atoms in total. The smallest absolute Gasteiger partial charge is 0.234 e. The molecule has 1 aromatic heterocycles. The van der Waals surface area contributed by atoms with Crippen LogP contribution in [0.1, 0.15) is 5.01 Å². The predicted octanol–water partition coefficient (Wildman–Crippen LogP) is 2.28. The molecule has 0 spiro atoms. The molecule has 0 aliphatic heterocycles. The summed E-state index contributed by atoms with van der Waals surface area (Å²) in [5.74, 6) is 0.253. The van der Waals surface area contributed by atoms with Gasteiger partial charge in [-0.15, -0.1) is 10.2 Å². The Bertz CT molecular complexity index is 557. The zero-order valence-corrected chi connectivity index (χ0v) is 11.2. The molecule has 0 atom stereocenters. The molecule has 94 valence electrons. The lowest BCUT2D eigenvalue weighted by atomic mass is 10.3. The van der Waals surface area contributed by atoms with E-state index in [2.05, 4.69) is 15.5 Å². The molecule has 1 aromatic carbocycles. The summed E-state index contributed by atoms with van der Waals surface area (Å²) < 4.78 is 0.776. The number of thioether (sulfide) groups is 1. The van der Waals surface area contributed by atoms with Crippen molar-refractivity contribution in [2.75, 3.05) is 11.1 Å².